The lowest BCUT2D eigenvalue weighted by molar-refractivity contribution is -0.137. The number of benzene rings is 1. The number of nitrogens with zero attached hydrogens (tertiary/aromatic N) is 3. The second-order valence-corrected chi connectivity index (χ2v) is 7.38. The van der Waals surface area contributed by atoms with Crippen LogP contribution in [0.2, 0.25) is 0 Å². The predicted octanol–water partition coefficient (Wildman–Crippen LogP) is 4.33. The van der Waals surface area contributed by atoms with E-state index in [1.165, 1.54) is 35.1 Å². The minimum atomic E-state index is -4.46. The number of aromatic nitrogens is 2. The third-order valence-corrected chi connectivity index (χ3v) is 5.15. The summed E-state index contributed by atoms with van der Waals surface area (Å²) >= 11 is 1.47. The first-order valence-electron chi connectivity index (χ1n) is 7.74. The molecule has 0 spiro atoms. The Morgan fingerprint density at radius 2 is 2.04 bits per heavy atom. The molecule has 0 N–H and O–H groups in total. The van der Waals surface area contributed by atoms with Crippen LogP contribution in [0, 0.1) is 6.92 Å². The summed E-state index contributed by atoms with van der Waals surface area (Å²) < 4.78 is 39.3. The van der Waals surface area contributed by atoms with Gasteiger partial charge in [0.2, 0.25) is 0 Å². The molecular formula is C17H16F3N3OS. The Morgan fingerprint density at radius 1 is 1.28 bits per heavy atom. The smallest absolute Gasteiger partial charge is 0.306 e. The van der Waals surface area contributed by atoms with Crippen molar-refractivity contribution in [2.45, 2.75) is 36.6 Å². The molecule has 4 nitrogen and oxygen atoms in total. The number of fused-ring (bicyclic) bond motifs is 1. The Morgan fingerprint density at radius 3 is 2.68 bits per heavy atom. The summed E-state index contributed by atoms with van der Waals surface area (Å²) in [5.74, 6) is -0.442. The number of halogens is 3. The number of amides is 1. The molecule has 0 saturated carbocycles. The third-order valence-electron chi connectivity index (χ3n) is 3.91. The van der Waals surface area contributed by atoms with Crippen molar-refractivity contribution in [2.24, 2.45) is 0 Å². The fourth-order valence-corrected chi connectivity index (χ4v) is 3.66. The third kappa shape index (κ3) is 3.78. The van der Waals surface area contributed by atoms with Gasteiger partial charge in [-0.1, -0.05) is 6.92 Å². The number of alkyl halides is 3. The number of rotatable bonds is 1. The lowest BCUT2D eigenvalue weighted by Gasteiger charge is -2.23. The minimum absolute atomic E-state index is 0.119. The minimum Gasteiger partial charge on any atom is -0.306 e. The van der Waals surface area contributed by atoms with Gasteiger partial charge in [0.05, 0.1) is 23.1 Å². The Hall–Kier alpha value is -2.09. The van der Waals surface area contributed by atoms with Gasteiger partial charge in [-0.3, -0.25) is 9.78 Å². The molecule has 0 bridgehead atoms. The van der Waals surface area contributed by atoms with Crippen molar-refractivity contribution in [2.75, 3.05) is 11.4 Å². The van der Waals surface area contributed by atoms with Gasteiger partial charge in [-0.2, -0.15) is 13.2 Å². The van der Waals surface area contributed by atoms with Crippen molar-refractivity contribution in [3.63, 3.8) is 0 Å². The second kappa shape index (κ2) is 6.67. The number of carbonyl (C=O) groups excluding carboxylic acids is 1. The van der Waals surface area contributed by atoms with E-state index in [0.717, 1.165) is 12.1 Å². The van der Waals surface area contributed by atoms with Crippen molar-refractivity contribution in [1.82, 2.24) is 9.97 Å². The molecule has 132 valence electrons. The van der Waals surface area contributed by atoms with Crippen LogP contribution in [0.1, 0.15) is 35.1 Å². The maximum absolute atomic E-state index is 13.1. The van der Waals surface area contributed by atoms with Gasteiger partial charge in [-0.25, -0.2) is 4.98 Å². The first-order valence-corrected chi connectivity index (χ1v) is 8.62. The Bertz CT molecular complexity index is 793. The molecule has 1 aromatic heterocycles. The molecule has 3 rings (SSSR count). The van der Waals surface area contributed by atoms with Crippen LogP contribution in [0.3, 0.4) is 0 Å². The highest BCUT2D eigenvalue weighted by Gasteiger charge is 2.33. The number of thioether (sulfide) groups is 1. The van der Waals surface area contributed by atoms with Crippen molar-refractivity contribution >= 4 is 23.4 Å². The van der Waals surface area contributed by atoms with Gasteiger partial charge in [0.1, 0.15) is 5.69 Å². The summed E-state index contributed by atoms with van der Waals surface area (Å²) in [5, 5.41) is 0.192. The number of aryl methyl sites for hydroxylation is 1. The highest BCUT2D eigenvalue weighted by atomic mass is 32.2. The summed E-state index contributed by atoms with van der Waals surface area (Å²) in [4.78, 5) is 23.0. The van der Waals surface area contributed by atoms with Crippen LogP contribution >= 0.6 is 11.8 Å². The van der Waals surface area contributed by atoms with Crippen LogP contribution in [0.5, 0.6) is 0 Å². The lowest BCUT2D eigenvalue weighted by atomic mass is 10.1. The topological polar surface area (TPSA) is 46.1 Å². The second-order valence-electron chi connectivity index (χ2n) is 5.90. The molecule has 1 aromatic carbocycles. The fraction of sp³-hybridized carbons (Fsp3) is 0.353. The van der Waals surface area contributed by atoms with E-state index < -0.39 is 17.6 Å². The van der Waals surface area contributed by atoms with Gasteiger partial charge in [0.15, 0.2) is 0 Å². The largest absolute Gasteiger partial charge is 0.416 e. The summed E-state index contributed by atoms with van der Waals surface area (Å²) in [6, 6.07) is 3.53. The Balaban J connectivity index is 2.05. The molecule has 2 aromatic rings. The fourth-order valence-electron chi connectivity index (χ4n) is 2.56. The molecule has 25 heavy (non-hydrogen) atoms. The summed E-state index contributed by atoms with van der Waals surface area (Å²) in [7, 11) is 0. The molecular weight excluding hydrogens is 351 g/mol. The molecule has 2 heterocycles. The van der Waals surface area contributed by atoms with Crippen LogP contribution in [-0.2, 0) is 6.18 Å². The molecule has 0 aliphatic carbocycles. The van der Waals surface area contributed by atoms with Crippen molar-refractivity contribution in [3.05, 3.63) is 47.5 Å². The molecule has 1 atom stereocenters. The van der Waals surface area contributed by atoms with E-state index in [9.17, 15) is 18.0 Å². The van der Waals surface area contributed by atoms with E-state index in [2.05, 4.69) is 9.97 Å². The number of hydrogen-bond donors (Lipinski definition) is 0. The van der Waals surface area contributed by atoms with Gasteiger partial charge in [0, 0.05) is 22.9 Å². The van der Waals surface area contributed by atoms with Gasteiger partial charge >= 0.3 is 6.18 Å². The average Bonchev–Trinajstić information content (AvgIpc) is 2.71. The summed E-state index contributed by atoms with van der Waals surface area (Å²) in [5.41, 5.74) is 0.288. The van der Waals surface area contributed by atoms with Crippen molar-refractivity contribution < 1.29 is 18.0 Å². The standard InChI is InChI=1S/C17H16F3N3OS/c1-10-8-22-13(9-21-10)16(24)23-6-5-11(2)25-15-4-3-12(7-14(15)23)17(18,19)20/h3-4,7-9,11H,5-6H2,1-2H3. The SMILES string of the molecule is Cc1cnc(C(=O)N2CCC(C)Sc3ccc(C(F)(F)F)cc32)cn1. The molecule has 1 amide bonds. The van der Waals surface area contributed by atoms with Gasteiger partial charge in [-0.05, 0) is 31.5 Å². The highest BCUT2D eigenvalue weighted by Crippen LogP contribution is 2.41. The van der Waals surface area contributed by atoms with Gasteiger partial charge in [-0.15, -0.1) is 11.8 Å². The van der Waals surface area contributed by atoms with E-state index in [1.54, 1.807) is 6.92 Å². The van der Waals surface area contributed by atoms with E-state index in [1.807, 2.05) is 6.92 Å². The first kappa shape index (κ1) is 17.7. The maximum Gasteiger partial charge on any atom is 0.416 e. The van der Waals surface area contributed by atoms with E-state index in [-0.39, 0.29) is 16.6 Å². The molecule has 1 aliphatic rings. The Kier molecular flexibility index (Phi) is 4.73. The van der Waals surface area contributed by atoms with Crippen molar-refractivity contribution in [3.8, 4) is 0 Å². The normalized spacial score (nSPS) is 17.8. The van der Waals surface area contributed by atoms with Crippen LogP contribution in [0.4, 0.5) is 18.9 Å². The zero-order valence-electron chi connectivity index (χ0n) is 13.7. The molecule has 0 radical (unpaired) electrons. The van der Waals surface area contributed by atoms with Crippen LogP contribution < -0.4 is 4.90 Å². The molecule has 8 heteroatoms. The first-order chi connectivity index (χ1) is 11.8. The van der Waals surface area contributed by atoms with Crippen molar-refractivity contribution in [1.29, 1.82) is 0 Å². The molecule has 0 saturated heterocycles. The lowest BCUT2D eigenvalue weighted by Crippen LogP contribution is -2.33. The molecule has 0 fully saturated rings. The van der Waals surface area contributed by atoms with Crippen LogP contribution in [0.15, 0.2) is 35.5 Å². The molecule has 1 aliphatic heterocycles. The predicted molar refractivity (Wildman–Crippen MR) is 89.8 cm³/mol. The van der Waals surface area contributed by atoms with E-state index >= 15 is 0 Å². The van der Waals surface area contributed by atoms with Gasteiger partial charge < -0.3 is 4.90 Å². The van der Waals surface area contributed by atoms with E-state index in [0.29, 0.717) is 23.6 Å². The summed E-state index contributed by atoms with van der Waals surface area (Å²) in [6.07, 6.45) is -0.969. The zero-order chi connectivity index (χ0) is 18.2. The summed E-state index contributed by atoms with van der Waals surface area (Å²) in [6.45, 7) is 4.07. The monoisotopic (exact) mass is 367 g/mol. The maximum atomic E-state index is 13.1. The molecule has 1 unspecified atom stereocenters. The van der Waals surface area contributed by atoms with E-state index in [4.69, 9.17) is 0 Å². The zero-order valence-corrected chi connectivity index (χ0v) is 14.5. The number of anilines is 1. The Labute approximate surface area is 147 Å². The average molecular weight is 367 g/mol. The number of carbonyl (C=O) groups is 1. The van der Waals surface area contributed by atoms with Gasteiger partial charge in [0.25, 0.3) is 5.91 Å². The number of hydrogen-bond acceptors (Lipinski definition) is 4. The quantitative estimate of drug-likeness (QED) is 0.752. The highest BCUT2D eigenvalue weighted by molar-refractivity contribution is 8.00. The van der Waals surface area contributed by atoms with Crippen LogP contribution in [0.25, 0.3) is 0 Å². The van der Waals surface area contributed by atoms with Crippen LogP contribution in [-0.4, -0.2) is 27.7 Å².